The maximum absolute atomic E-state index is 11.2. The van der Waals surface area contributed by atoms with E-state index in [1.54, 1.807) is 6.07 Å². The van der Waals surface area contributed by atoms with Crippen molar-refractivity contribution in [2.24, 2.45) is 0 Å². The molecule has 0 unspecified atom stereocenters. The van der Waals surface area contributed by atoms with Gasteiger partial charge in [0.1, 0.15) is 5.75 Å². The minimum atomic E-state index is -0.433. The zero-order chi connectivity index (χ0) is 10.4. The number of hydrogen-bond donors (Lipinski definition) is 1. The van der Waals surface area contributed by atoms with Gasteiger partial charge in [0.25, 0.3) is 0 Å². The summed E-state index contributed by atoms with van der Waals surface area (Å²) in [6, 6.07) is 9.40. The molecule has 0 bridgehead atoms. The normalized spacial score (nSPS) is 13.5. The number of carbonyl (C=O) groups excluding carboxylic acids is 1. The number of carbonyl (C=O) groups is 1. The lowest BCUT2D eigenvalue weighted by Gasteiger charge is -2.18. The van der Waals surface area contributed by atoms with Crippen molar-refractivity contribution in [3.8, 4) is 5.75 Å². The predicted molar refractivity (Wildman–Crippen MR) is 61.3 cm³/mol. The summed E-state index contributed by atoms with van der Waals surface area (Å²) in [5.74, 6) is 0.604. The van der Waals surface area contributed by atoms with Crippen LogP contribution >= 0.6 is 15.9 Å². The Morgan fingerprint density at radius 3 is 2.93 bits per heavy atom. The van der Waals surface area contributed by atoms with Gasteiger partial charge in [-0.2, -0.15) is 0 Å². The van der Waals surface area contributed by atoms with E-state index < -0.39 is 6.09 Å². The minimum absolute atomic E-state index is 0.433. The Bertz CT molecular complexity index is 566. The van der Waals surface area contributed by atoms with Gasteiger partial charge in [0, 0.05) is 15.2 Å². The van der Waals surface area contributed by atoms with Gasteiger partial charge in [-0.05, 0) is 18.2 Å². The van der Waals surface area contributed by atoms with E-state index in [2.05, 4.69) is 21.2 Å². The highest BCUT2D eigenvalue weighted by molar-refractivity contribution is 9.10. The lowest BCUT2D eigenvalue weighted by atomic mass is 10.1. The SMILES string of the molecule is O=C1Nc2cccc3c(Br)ccc(c23)O1. The molecule has 4 heteroatoms. The number of nitrogens with one attached hydrogen (secondary N) is 1. The first-order valence-electron chi connectivity index (χ1n) is 4.46. The fourth-order valence-corrected chi connectivity index (χ4v) is 2.23. The van der Waals surface area contributed by atoms with Crippen LogP contribution in [0.15, 0.2) is 34.8 Å². The average Bonchev–Trinajstić information content (AvgIpc) is 2.23. The van der Waals surface area contributed by atoms with E-state index in [-0.39, 0.29) is 0 Å². The maximum Gasteiger partial charge on any atom is 0.417 e. The molecule has 0 saturated carbocycles. The number of rotatable bonds is 0. The second kappa shape index (κ2) is 2.97. The fourth-order valence-electron chi connectivity index (χ4n) is 1.76. The number of benzene rings is 2. The van der Waals surface area contributed by atoms with E-state index in [0.29, 0.717) is 5.75 Å². The van der Waals surface area contributed by atoms with Gasteiger partial charge in [0.15, 0.2) is 0 Å². The molecule has 0 aromatic heterocycles. The van der Waals surface area contributed by atoms with Crippen LogP contribution in [-0.4, -0.2) is 6.09 Å². The van der Waals surface area contributed by atoms with Crippen LogP contribution < -0.4 is 10.1 Å². The first-order chi connectivity index (χ1) is 7.25. The summed E-state index contributed by atoms with van der Waals surface area (Å²) < 4.78 is 6.08. The summed E-state index contributed by atoms with van der Waals surface area (Å²) in [5.41, 5.74) is 0.792. The molecule has 0 fully saturated rings. The van der Waals surface area contributed by atoms with Crippen LogP contribution in [0.4, 0.5) is 10.5 Å². The van der Waals surface area contributed by atoms with E-state index in [1.807, 2.05) is 24.3 Å². The zero-order valence-corrected chi connectivity index (χ0v) is 9.17. The van der Waals surface area contributed by atoms with Gasteiger partial charge < -0.3 is 4.74 Å². The molecule has 1 aliphatic heterocycles. The monoisotopic (exact) mass is 263 g/mol. The van der Waals surface area contributed by atoms with E-state index in [0.717, 1.165) is 20.9 Å². The zero-order valence-electron chi connectivity index (χ0n) is 7.58. The molecule has 3 nitrogen and oxygen atoms in total. The Kier molecular flexibility index (Phi) is 1.73. The molecule has 2 aromatic carbocycles. The molecule has 1 heterocycles. The molecule has 1 N–H and O–H groups in total. The molecule has 0 aliphatic carbocycles. The Labute approximate surface area is 94.2 Å². The summed E-state index contributed by atoms with van der Waals surface area (Å²) in [4.78, 5) is 11.2. The Balaban J connectivity index is 2.47. The van der Waals surface area contributed by atoms with Gasteiger partial charge in [0.05, 0.1) is 5.69 Å². The van der Waals surface area contributed by atoms with Crippen molar-refractivity contribution in [2.75, 3.05) is 5.32 Å². The van der Waals surface area contributed by atoms with Crippen LogP contribution in [0.3, 0.4) is 0 Å². The van der Waals surface area contributed by atoms with Gasteiger partial charge in [0.2, 0.25) is 0 Å². The van der Waals surface area contributed by atoms with E-state index >= 15 is 0 Å². The van der Waals surface area contributed by atoms with Gasteiger partial charge >= 0.3 is 6.09 Å². The number of hydrogen-bond acceptors (Lipinski definition) is 2. The number of amides is 1. The molecule has 0 radical (unpaired) electrons. The highest BCUT2D eigenvalue weighted by atomic mass is 79.9. The molecule has 3 rings (SSSR count). The van der Waals surface area contributed by atoms with E-state index in [9.17, 15) is 4.79 Å². The molecule has 2 aromatic rings. The lowest BCUT2D eigenvalue weighted by Crippen LogP contribution is -2.20. The highest BCUT2D eigenvalue weighted by Crippen LogP contribution is 2.38. The highest BCUT2D eigenvalue weighted by Gasteiger charge is 2.19. The van der Waals surface area contributed by atoms with Crippen LogP contribution in [0.1, 0.15) is 0 Å². The standard InChI is InChI=1S/C11H6BrNO2/c12-7-4-5-9-10-6(7)2-1-3-8(10)13-11(14)15-9/h1-5H,(H,13,14). The third kappa shape index (κ3) is 1.22. The number of halogens is 1. The van der Waals surface area contributed by atoms with Gasteiger partial charge in [-0.3, -0.25) is 5.32 Å². The predicted octanol–water partition coefficient (Wildman–Crippen LogP) is 3.53. The van der Waals surface area contributed by atoms with Crippen molar-refractivity contribution >= 4 is 38.5 Å². The second-order valence-electron chi connectivity index (χ2n) is 3.29. The number of ether oxygens (including phenoxy) is 1. The van der Waals surface area contributed by atoms with Crippen molar-refractivity contribution in [3.05, 3.63) is 34.8 Å². The minimum Gasteiger partial charge on any atom is -0.409 e. The maximum atomic E-state index is 11.2. The fraction of sp³-hybridized carbons (Fsp3) is 0. The lowest BCUT2D eigenvalue weighted by molar-refractivity contribution is 0.215. The molecule has 0 spiro atoms. The van der Waals surface area contributed by atoms with Gasteiger partial charge in [-0.1, -0.05) is 28.1 Å². The third-order valence-corrected chi connectivity index (χ3v) is 3.08. The van der Waals surface area contributed by atoms with Crippen LogP contribution in [0.5, 0.6) is 5.75 Å². The van der Waals surface area contributed by atoms with Crippen LogP contribution in [0, 0.1) is 0 Å². The van der Waals surface area contributed by atoms with Crippen molar-refractivity contribution in [1.29, 1.82) is 0 Å². The molecular weight excluding hydrogens is 258 g/mol. The second-order valence-corrected chi connectivity index (χ2v) is 4.14. The smallest absolute Gasteiger partial charge is 0.409 e. The molecule has 15 heavy (non-hydrogen) atoms. The first-order valence-corrected chi connectivity index (χ1v) is 5.25. The first kappa shape index (κ1) is 8.73. The molecule has 0 saturated heterocycles. The van der Waals surface area contributed by atoms with Crippen molar-refractivity contribution in [1.82, 2.24) is 0 Å². The molecular formula is C11H6BrNO2. The summed E-state index contributed by atoms with van der Waals surface area (Å²) in [6.45, 7) is 0. The largest absolute Gasteiger partial charge is 0.417 e. The Morgan fingerprint density at radius 2 is 2.07 bits per heavy atom. The topological polar surface area (TPSA) is 38.3 Å². The van der Waals surface area contributed by atoms with Crippen LogP contribution in [0.25, 0.3) is 10.8 Å². The van der Waals surface area contributed by atoms with Gasteiger partial charge in [-0.15, -0.1) is 0 Å². The summed E-state index contributed by atoms with van der Waals surface area (Å²) >= 11 is 3.47. The van der Waals surface area contributed by atoms with Crippen LogP contribution in [0.2, 0.25) is 0 Å². The summed E-state index contributed by atoms with van der Waals surface area (Å²) in [5, 5.41) is 4.64. The Hall–Kier alpha value is -1.55. The molecule has 0 atom stereocenters. The molecule has 1 amide bonds. The molecule has 1 aliphatic rings. The summed E-state index contributed by atoms with van der Waals surface area (Å²) in [6.07, 6.45) is -0.433. The third-order valence-electron chi connectivity index (χ3n) is 2.39. The molecule has 74 valence electrons. The number of anilines is 1. The van der Waals surface area contributed by atoms with E-state index in [4.69, 9.17) is 4.74 Å². The van der Waals surface area contributed by atoms with Crippen molar-refractivity contribution in [2.45, 2.75) is 0 Å². The van der Waals surface area contributed by atoms with Crippen molar-refractivity contribution in [3.63, 3.8) is 0 Å². The van der Waals surface area contributed by atoms with Crippen molar-refractivity contribution < 1.29 is 9.53 Å². The average molecular weight is 264 g/mol. The Morgan fingerprint density at radius 1 is 1.20 bits per heavy atom. The van der Waals surface area contributed by atoms with Crippen LogP contribution in [-0.2, 0) is 0 Å². The quantitative estimate of drug-likeness (QED) is 0.790. The van der Waals surface area contributed by atoms with Gasteiger partial charge in [-0.25, -0.2) is 4.79 Å². The van der Waals surface area contributed by atoms with E-state index in [1.165, 1.54) is 0 Å². The summed E-state index contributed by atoms with van der Waals surface area (Å²) in [7, 11) is 0.